The first-order valence-electron chi connectivity index (χ1n) is 9.38. The van der Waals surface area contributed by atoms with E-state index >= 15 is 0 Å². The number of terminal acetylenes is 1. The number of alkyl halides is 7. The van der Waals surface area contributed by atoms with Crippen molar-refractivity contribution in [2.24, 2.45) is 0 Å². The van der Waals surface area contributed by atoms with Crippen LogP contribution < -0.4 is 10.6 Å². The van der Waals surface area contributed by atoms with Crippen molar-refractivity contribution in [1.82, 2.24) is 5.32 Å². The van der Waals surface area contributed by atoms with E-state index in [1.54, 1.807) is 6.07 Å². The number of aryl methyl sites for hydroxylation is 1. The summed E-state index contributed by atoms with van der Waals surface area (Å²) in [6.07, 6.45) is -8.32. The van der Waals surface area contributed by atoms with E-state index in [2.05, 4.69) is 21.3 Å². The molecular weight excluding hydrogens is 473 g/mol. The Morgan fingerprint density at radius 2 is 1.65 bits per heavy atom. The average Bonchev–Trinajstić information content (AvgIpc) is 2.75. The number of hydrogen-bond acceptors (Lipinski definition) is 3. The van der Waals surface area contributed by atoms with Gasteiger partial charge in [0.15, 0.2) is 6.61 Å². The van der Waals surface area contributed by atoms with Crippen molar-refractivity contribution in [3.8, 4) is 12.3 Å². The van der Waals surface area contributed by atoms with E-state index in [0.29, 0.717) is 17.7 Å². The zero-order chi connectivity index (χ0) is 25.7. The second-order valence-electron chi connectivity index (χ2n) is 6.97. The maximum Gasteiger partial charge on any atom is 0.435 e. The largest absolute Gasteiger partial charge is 0.436 e. The van der Waals surface area contributed by atoms with Gasteiger partial charge >= 0.3 is 24.1 Å². The van der Waals surface area contributed by atoms with Crippen molar-refractivity contribution in [1.29, 1.82) is 0 Å². The molecular formula is C22H17F7N2O3. The van der Waals surface area contributed by atoms with E-state index in [1.165, 1.54) is 18.2 Å². The van der Waals surface area contributed by atoms with E-state index in [4.69, 9.17) is 6.42 Å². The minimum Gasteiger partial charge on any atom is -0.436 e. The van der Waals surface area contributed by atoms with Crippen LogP contribution in [-0.2, 0) is 17.0 Å². The summed E-state index contributed by atoms with van der Waals surface area (Å²) in [7, 11) is 0. The number of carbonyl (C=O) groups excluding carboxylic acids is 2. The number of rotatable bonds is 6. The molecule has 0 unspecified atom stereocenters. The highest BCUT2D eigenvalue weighted by Crippen LogP contribution is 2.53. The first-order valence-corrected chi connectivity index (χ1v) is 9.38. The van der Waals surface area contributed by atoms with Gasteiger partial charge in [0, 0.05) is 23.4 Å². The Morgan fingerprint density at radius 1 is 1.00 bits per heavy atom. The summed E-state index contributed by atoms with van der Waals surface area (Å²) in [6.45, 7) is 0.863. The Kier molecular flexibility index (Phi) is 7.82. The Bertz CT molecular complexity index is 1090. The number of benzene rings is 2. The Morgan fingerprint density at radius 3 is 2.21 bits per heavy atom. The summed E-state index contributed by atoms with van der Waals surface area (Å²) in [5, 5.41) is 4.74. The average molecular weight is 490 g/mol. The van der Waals surface area contributed by atoms with Gasteiger partial charge in [-0.15, -0.1) is 6.42 Å². The van der Waals surface area contributed by atoms with Crippen LogP contribution in [0.5, 0.6) is 0 Å². The minimum atomic E-state index is -6.25. The zero-order valence-corrected chi connectivity index (χ0v) is 17.4. The van der Waals surface area contributed by atoms with E-state index in [-0.39, 0.29) is 30.0 Å². The summed E-state index contributed by atoms with van der Waals surface area (Å²) >= 11 is 0. The molecule has 0 aliphatic rings. The van der Waals surface area contributed by atoms with Gasteiger partial charge in [0.2, 0.25) is 0 Å². The molecule has 5 nitrogen and oxygen atoms in total. The second kappa shape index (κ2) is 10.0. The van der Waals surface area contributed by atoms with E-state index in [0.717, 1.165) is 13.0 Å². The van der Waals surface area contributed by atoms with Crippen LogP contribution in [0.15, 0.2) is 42.5 Å². The smallest absolute Gasteiger partial charge is 0.435 e. The molecule has 0 aliphatic heterocycles. The third kappa shape index (κ3) is 5.78. The Balaban J connectivity index is 2.20. The van der Waals surface area contributed by atoms with Crippen LogP contribution in [0, 0.1) is 19.3 Å². The summed E-state index contributed by atoms with van der Waals surface area (Å²) in [6, 6.07) is 7.28. The summed E-state index contributed by atoms with van der Waals surface area (Å²) in [4.78, 5) is 23.9. The van der Waals surface area contributed by atoms with Crippen LogP contribution >= 0.6 is 0 Å². The van der Waals surface area contributed by atoms with Gasteiger partial charge in [0.25, 0.3) is 5.91 Å². The molecule has 0 radical (unpaired) electrons. The van der Waals surface area contributed by atoms with Crippen molar-refractivity contribution >= 4 is 17.7 Å². The third-order valence-corrected chi connectivity index (χ3v) is 4.57. The Hall–Kier alpha value is -3.75. The number of amides is 2. The van der Waals surface area contributed by atoms with Crippen LogP contribution in [0.2, 0.25) is 0 Å². The maximum absolute atomic E-state index is 14.2. The standard InChI is InChI=1S/C22H17F7N2O3/c1-3-9-34-19(33)30-12-14-5-4-6-15(11-14)18(32)31-17-8-7-16(10-13(17)2)20(23,21(24,25)26)22(27,28)29/h1,4-8,10-11H,9,12H2,2H3,(H,30,33)(H,31,32). The monoisotopic (exact) mass is 490 g/mol. The molecule has 34 heavy (non-hydrogen) atoms. The lowest BCUT2D eigenvalue weighted by Gasteiger charge is -2.30. The van der Waals surface area contributed by atoms with Crippen molar-refractivity contribution < 1.29 is 45.1 Å². The molecule has 0 saturated carbocycles. The van der Waals surface area contributed by atoms with Crippen LogP contribution in [0.1, 0.15) is 27.0 Å². The van der Waals surface area contributed by atoms with E-state index < -0.39 is 35.6 Å². The van der Waals surface area contributed by atoms with Gasteiger partial charge in [-0.2, -0.15) is 26.3 Å². The highest BCUT2D eigenvalue weighted by Gasteiger charge is 2.73. The fraction of sp³-hybridized carbons (Fsp3) is 0.273. The summed E-state index contributed by atoms with van der Waals surface area (Å²) in [5.41, 5.74) is -7.03. The van der Waals surface area contributed by atoms with Gasteiger partial charge in [-0.3, -0.25) is 4.79 Å². The Labute approximate surface area is 189 Å². The molecule has 0 saturated heterocycles. The van der Waals surface area contributed by atoms with Gasteiger partial charge in [0.05, 0.1) is 0 Å². The van der Waals surface area contributed by atoms with Crippen LogP contribution in [0.25, 0.3) is 0 Å². The predicted octanol–water partition coefficient (Wildman–Crippen LogP) is 5.40. The molecule has 2 rings (SSSR count). The second-order valence-corrected chi connectivity index (χ2v) is 6.97. The molecule has 0 spiro atoms. The highest BCUT2D eigenvalue weighted by molar-refractivity contribution is 6.04. The molecule has 0 atom stereocenters. The molecule has 2 aromatic rings. The van der Waals surface area contributed by atoms with Gasteiger partial charge in [-0.1, -0.05) is 30.2 Å². The fourth-order valence-electron chi connectivity index (χ4n) is 2.86. The van der Waals surface area contributed by atoms with Crippen molar-refractivity contribution in [2.45, 2.75) is 31.5 Å². The lowest BCUT2D eigenvalue weighted by Crippen LogP contribution is -2.50. The summed E-state index contributed by atoms with van der Waals surface area (Å²) < 4.78 is 96.6. The van der Waals surface area contributed by atoms with Gasteiger partial charge in [-0.25, -0.2) is 9.18 Å². The lowest BCUT2D eigenvalue weighted by atomic mass is 9.92. The van der Waals surface area contributed by atoms with Crippen molar-refractivity contribution in [3.63, 3.8) is 0 Å². The number of hydrogen-bond donors (Lipinski definition) is 2. The molecule has 0 aliphatic carbocycles. The quantitative estimate of drug-likeness (QED) is 0.421. The highest BCUT2D eigenvalue weighted by atomic mass is 19.4. The molecule has 0 bridgehead atoms. The number of nitrogens with one attached hydrogen (secondary N) is 2. The van der Waals surface area contributed by atoms with Crippen molar-refractivity contribution in [3.05, 3.63) is 64.7 Å². The number of anilines is 1. The maximum atomic E-state index is 14.2. The number of alkyl carbamates (subject to hydrolysis) is 1. The molecule has 2 amide bonds. The first kappa shape index (κ1) is 26.5. The SMILES string of the molecule is C#CCOC(=O)NCc1cccc(C(=O)Nc2ccc(C(F)(C(F)(F)F)C(F)(F)F)cc2C)c1. The van der Waals surface area contributed by atoms with Crippen LogP contribution in [0.4, 0.5) is 41.2 Å². The van der Waals surface area contributed by atoms with Crippen LogP contribution in [-0.4, -0.2) is 31.0 Å². The van der Waals surface area contributed by atoms with E-state index in [9.17, 15) is 40.3 Å². The van der Waals surface area contributed by atoms with Crippen molar-refractivity contribution in [2.75, 3.05) is 11.9 Å². The molecule has 2 aromatic carbocycles. The van der Waals surface area contributed by atoms with Crippen LogP contribution in [0.3, 0.4) is 0 Å². The molecule has 0 aromatic heterocycles. The molecule has 182 valence electrons. The molecule has 0 heterocycles. The van der Waals surface area contributed by atoms with Gasteiger partial charge < -0.3 is 15.4 Å². The first-order chi connectivity index (χ1) is 15.7. The topological polar surface area (TPSA) is 67.4 Å². The number of ether oxygens (including phenoxy) is 1. The fourth-order valence-corrected chi connectivity index (χ4v) is 2.86. The van der Waals surface area contributed by atoms with Gasteiger partial charge in [-0.05, 0) is 36.2 Å². The number of halogens is 7. The lowest BCUT2D eigenvalue weighted by molar-refractivity contribution is -0.348. The van der Waals surface area contributed by atoms with E-state index in [1.807, 2.05) is 0 Å². The minimum absolute atomic E-state index is 0.0221. The molecule has 2 N–H and O–H groups in total. The van der Waals surface area contributed by atoms with Gasteiger partial charge in [0.1, 0.15) is 0 Å². The predicted molar refractivity (Wildman–Crippen MR) is 107 cm³/mol. The number of carbonyl (C=O) groups is 2. The normalized spacial score (nSPS) is 12.0. The third-order valence-electron chi connectivity index (χ3n) is 4.57. The molecule has 12 heteroatoms. The molecule has 0 fully saturated rings. The zero-order valence-electron chi connectivity index (χ0n) is 17.4. The summed E-state index contributed by atoms with van der Waals surface area (Å²) in [5.74, 6) is 1.36.